The molecule has 1 aliphatic rings. The molecule has 0 heterocycles. The minimum Gasteiger partial charge on any atom is -0.381 e. The van der Waals surface area contributed by atoms with E-state index in [1.54, 1.807) is 0 Å². The predicted molar refractivity (Wildman–Crippen MR) is 82.5 cm³/mol. The van der Waals surface area contributed by atoms with Gasteiger partial charge in [0.25, 0.3) is 0 Å². The molecule has 4 heteroatoms. The lowest BCUT2D eigenvalue weighted by atomic mass is 9.90. The average molecular weight is 284 g/mol. The predicted octanol–water partition coefficient (Wildman–Crippen LogP) is 2.61. The summed E-state index contributed by atoms with van der Waals surface area (Å²) in [4.78, 5) is 11.5. The molecule has 0 aromatic heterocycles. The van der Waals surface area contributed by atoms with E-state index >= 15 is 0 Å². The zero-order valence-electron chi connectivity index (χ0n) is 13.2. The topological polar surface area (TPSA) is 64.3 Å². The van der Waals surface area contributed by atoms with Gasteiger partial charge < -0.3 is 15.8 Å². The zero-order chi connectivity index (χ0) is 14.8. The second-order valence-electron chi connectivity index (χ2n) is 6.26. The molecule has 3 N–H and O–H groups in total. The van der Waals surface area contributed by atoms with Crippen LogP contribution in [0.1, 0.15) is 65.2 Å². The first-order valence-electron chi connectivity index (χ1n) is 8.21. The number of hydrogen-bond acceptors (Lipinski definition) is 3. The quantitative estimate of drug-likeness (QED) is 0.606. The fourth-order valence-electron chi connectivity index (χ4n) is 2.98. The van der Waals surface area contributed by atoms with Crippen LogP contribution >= 0.6 is 0 Å². The molecule has 1 atom stereocenters. The van der Waals surface area contributed by atoms with E-state index in [0.29, 0.717) is 0 Å². The van der Waals surface area contributed by atoms with E-state index in [1.165, 1.54) is 32.1 Å². The van der Waals surface area contributed by atoms with Crippen LogP contribution in [0.2, 0.25) is 0 Å². The number of hydrogen-bond donors (Lipinski definition) is 2. The Kier molecular flexibility index (Phi) is 8.15. The van der Waals surface area contributed by atoms with Crippen LogP contribution in [0.4, 0.5) is 0 Å². The highest BCUT2D eigenvalue weighted by molar-refractivity contribution is 5.84. The Hall–Kier alpha value is -0.610. The van der Waals surface area contributed by atoms with Crippen molar-refractivity contribution in [3.8, 4) is 0 Å². The molecule has 0 aromatic carbocycles. The Morgan fingerprint density at radius 2 is 2.00 bits per heavy atom. The molecule has 0 aromatic rings. The first-order valence-corrected chi connectivity index (χ1v) is 8.21. The Bertz CT molecular complexity index is 278. The van der Waals surface area contributed by atoms with E-state index in [0.717, 1.165) is 44.9 Å². The maximum absolute atomic E-state index is 11.5. The van der Waals surface area contributed by atoms with Crippen molar-refractivity contribution in [1.29, 1.82) is 0 Å². The molecule has 1 amide bonds. The normalized spacial score (nSPS) is 19.7. The van der Waals surface area contributed by atoms with Crippen LogP contribution in [-0.4, -0.2) is 31.2 Å². The van der Waals surface area contributed by atoms with Gasteiger partial charge in [-0.25, -0.2) is 0 Å². The molecule has 4 nitrogen and oxygen atoms in total. The van der Waals surface area contributed by atoms with E-state index < -0.39 is 5.54 Å². The number of nitrogens with two attached hydrogens (primary N) is 1. The molecular weight excluding hydrogens is 252 g/mol. The standard InChI is InChI=1S/C16H32N2O2/c1-3-18-16(2,15(17)19)11-7-8-12-20-13-14-9-5-4-6-10-14/h14,18H,3-13H2,1-2H3,(H2,17,19). The first kappa shape index (κ1) is 17.4. The summed E-state index contributed by atoms with van der Waals surface area (Å²) in [7, 11) is 0. The van der Waals surface area contributed by atoms with Crippen LogP contribution in [0.3, 0.4) is 0 Å². The summed E-state index contributed by atoms with van der Waals surface area (Å²) < 4.78 is 5.77. The first-order chi connectivity index (χ1) is 9.58. The number of primary amides is 1. The molecule has 1 unspecified atom stereocenters. The van der Waals surface area contributed by atoms with E-state index in [-0.39, 0.29) is 5.91 Å². The van der Waals surface area contributed by atoms with Gasteiger partial charge in [-0.3, -0.25) is 4.79 Å². The molecule has 1 rings (SSSR count). The molecule has 118 valence electrons. The summed E-state index contributed by atoms with van der Waals surface area (Å²) in [5.74, 6) is 0.517. The number of unbranched alkanes of at least 4 members (excludes halogenated alkanes) is 1. The zero-order valence-corrected chi connectivity index (χ0v) is 13.2. The third-order valence-electron chi connectivity index (χ3n) is 4.40. The van der Waals surface area contributed by atoms with Crippen molar-refractivity contribution in [2.45, 2.75) is 70.8 Å². The maximum atomic E-state index is 11.5. The molecule has 1 saturated carbocycles. The maximum Gasteiger partial charge on any atom is 0.237 e. The number of carbonyl (C=O) groups excluding carboxylic acids is 1. The fourth-order valence-corrected chi connectivity index (χ4v) is 2.98. The summed E-state index contributed by atoms with van der Waals surface area (Å²) in [5, 5.41) is 3.19. The monoisotopic (exact) mass is 284 g/mol. The number of carbonyl (C=O) groups is 1. The highest BCUT2D eigenvalue weighted by Gasteiger charge is 2.28. The van der Waals surface area contributed by atoms with Crippen molar-refractivity contribution in [2.75, 3.05) is 19.8 Å². The van der Waals surface area contributed by atoms with Crippen molar-refractivity contribution in [3.63, 3.8) is 0 Å². The van der Waals surface area contributed by atoms with Crippen molar-refractivity contribution < 1.29 is 9.53 Å². The summed E-state index contributed by atoms with van der Waals surface area (Å²) in [6, 6.07) is 0. The lowest BCUT2D eigenvalue weighted by Crippen LogP contribution is -2.52. The smallest absolute Gasteiger partial charge is 0.237 e. The van der Waals surface area contributed by atoms with Crippen LogP contribution in [0.25, 0.3) is 0 Å². The Balaban J connectivity index is 2.06. The highest BCUT2D eigenvalue weighted by Crippen LogP contribution is 2.23. The van der Waals surface area contributed by atoms with Crippen LogP contribution in [-0.2, 0) is 9.53 Å². The minimum absolute atomic E-state index is 0.262. The highest BCUT2D eigenvalue weighted by atomic mass is 16.5. The van der Waals surface area contributed by atoms with Gasteiger partial charge in [-0.05, 0) is 51.5 Å². The second kappa shape index (κ2) is 9.35. The molecule has 0 spiro atoms. The van der Waals surface area contributed by atoms with Crippen molar-refractivity contribution >= 4 is 5.91 Å². The van der Waals surface area contributed by atoms with Gasteiger partial charge in [-0.15, -0.1) is 0 Å². The third-order valence-corrected chi connectivity index (χ3v) is 4.40. The SMILES string of the molecule is CCNC(C)(CCCCOCC1CCCCC1)C(N)=O. The minimum atomic E-state index is -0.571. The molecule has 20 heavy (non-hydrogen) atoms. The largest absolute Gasteiger partial charge is 0.381 e. The van der Waals surface area contributed by atoms with Gasteiger partial charge in [0.15, 0.2) is 0 Å². The van der Waals surface area contributed by atoms with Crippen LogP contribution in [0.15, 0.2) is 0 Å². The van der Waals surface area contributed by atoms with E-state index in [2.05, 4.69) is 5.32 Å². The van der Waals surface area contributed by atoms with Crippen molar-refractivity contribution in [2.24, 2.45) is 11.7 Å². The number of amides is 1. The molecule has 0 bridgehead atoms. The third kappa shape index (κ3) is 6.23. The number of nitrogens with one attached hydrogen (secondary N) is 1. The van der Waals surface area contributed by atoms with Gasteiger partial charge in [0.1, 0.15) is 0 Å². The summed E-state index contributed by atoms with van der Waals surface area (Å²) in [6.07, 6.45) is 9.55. The van der Waals surface area contributed by atoms with Crippen LogP contribution < -0.4 is 11.1 Å². The summed E-state index contributed by atoms with van der Waals surface area (Å²) in [6.45, 7) is 6.37. The van der Waals surface area contributed by atoms with Gasteiger partial charge in [-0.2, -0.15) is 0 Å². The van der Waals surface area contributed by atoms with Crippen LogP contribution in [0, 0.1) is 5.92 Å². The Morgan fingerprint density at radius 1 is 1.30 bits per heavy atom. The van der Waals surface area contributed by atoms with Gasteiger partial charge in [-0.1, -0.05) is 26.2 Å². The van der Waals surface area contributed by atoms with Gasteiger partial charge >= 0.3 is 0 Å². The Labute approximate surface area is 123 Å². The van der Waals surface area contributed by atoms with E-state index in [9.17, 15) is 4.79 Å². The van der Waals surface area contributed by atoms with Crippen LogP contribution in [0.5, 0.6) is 0 Å². The Morgan fingerprint density at radius 3 is 2.60 bits per heavy atom. The van der Waals surface area contributed by atoms with Crippen molar-refractivity contribution in [1.82, 2.24) is 5.32 Å². The van der Waals surface area contributed by atoms with E-state index in [4.69, 9.17) is 10.5 Å². The number of rotatable bonds is 10. The van der Waals surface area contributed by atoms with E-state index in [1.807, 2.05) is 13.8 Å². The van der Waals surface area contributed by atoms with Gasteiger partial charge in [0.2, 0.25) is 5.91 Å². The molecule has 0 saturated heterocycles. The molecule has 1 fully saturated rings. The number of likely N-dealkylation sites (N-methyl/N-ethyl adjacent to an activating group) is 1. The lowest BCUT2D eigenvalue weighted by molar-refractivity contribution is -0.124. The number of ether oxygens (including phenoxy) is 1. The fraction of sp³-hybridized carbons (Fsp3) is 0.938. The summed E-state index contributed by atoms with van der Waals surface area (Å²) >= 11 is 0. The lowest BCUT2D eigenvalue weighted by Gasteiger charge is -2.27. The molecule has 0 aliphatic heterocycles. The van der Waals surface area contributed by atoms with Gasteiger partial charge in [0.05, 0.1) is 5.54 Å². The average Bonchev–Trinajstić information content (AvgIpc) is 2.44. The molecular formula is C16H32N2O2. The van der Waals surface area contributed by atoms with Gasteiger partial charge in [0, 0.05) is 13.2 Å². The molecule has 1 aliphatic carbocycles. The summed E-state index contributed by atoms with van der Waals surface area (Å²) in [5.41, 5.74) is 4.89. The second-order valence-corrected chi connectivity index (χ2v) is 6.26. The van der Waals surface area contributed by atoms with Crippen molar-refractivity contribution in [3.05, 3.63) is 0 Å². The molecule has 0 radical (unpaired) electrons.